The van der Waals surface area contributed by atoms with Gasteiger partial charge in [0.2, 0.25) is 0 Å². The van der Waals surface area contributed by atoms with Crippen molar-refractivity contribution >= 4 is 23.0 Å². The van der Waals surface area contributed by atoms with E-state index < -0.39 is 5.60 Å². The van der Waals surface area contributed by atoms with Crippen molar-refractivity contribution in [3.63, 3.8) is 0 Å². The smallest absolute Gasteiger partial charge is 0.340 e. The largest absolute Gasteiger partial charge is 0.441 e. The molecule has 0 bridgehead atoms. The molecule has 0 amide bonds. The number of aliphatic hydroxyl groups is 2. The van der Waals surface area contributed by atoms with Crippen LogP contribution in [0.4, 0.5) is 17.1 Å². The third-order valence-corrected chi connectivity index (χ3v) is 13.2. The molecular formula is C64H105N3O22. The van der Waals surface area contributed by atoms with E-state index in [0.29, 0.717) is 257 Å². The van der Waals surface area contributed by atoms with Crippen molar-refractivity contribution in [1.29, 1.82) is 0 Å². The Kier molecular flexibility index (Phi) is 45.3. The minimum absolute atomic E-state index is 0.00889. The fourth-order valence-electron chi connectivity index (χ4n) is 8.60. The first kappa shape index (κ1) is 77.2. The summed E-state index contributed by atoms with van der Waals surface area (Å²) >= 11 is 0. The predicted octanol–water partition coefficient (Wildman–Crippen LogP) is 3.37. The number of cyclic esters (lactones) is 1. The molecule has 2 N–H and O–H groups in total. The average molecular weight is 1270 g/mol. The highest BCUT2D eigenvalue weighted by Crippen LogP contribution is 2.48. The van der Waals surface area contributed by atoms with Gasteiger partial charge in [-0.15, -0.1) is 0 Å². The SMILES string of the molecule is CN(C)c1ccc(C2(c3ccc(N(CCOCCOCCOCCOCCOCCOCCOCCOCCOCCO)CCOCCOCCOCCOCCOCCOCCOCCOCCOCCO)cc3)OC(=O)c3cc(N(C)C)ccc32)cc1. The van der Waals surface area contributed by atoms with Gasteiger partial charge in [-0.1, -0.05) is 30.3 Å². The Morgan fingerprint density at radius 2 is 0.551 bits per heavy atom. The highest BCUT2D eigenvalue weighted by molar-refractivity contribution is 5.97. The standard InChI is InChI=1S/C64H105N3O22/c1-65(2)58-9-5-56(6-10-58)64(62-14-13-60(66(3)4)55-61(62)63(70)89-64)57-7-11-59(12-8-57)67(15-19-71-23-27-75-31-35-79-39-43-83-47-51-87-53-49-85-45-41-81-37-33-77-29-25-73-21-17-68)16-20-72-24-28-76-32-36-80-40-44-84-48-52-88-54-50-86-46-42-82-38-34-78-30-26-74-22-18-69/h5-14,55,68-69H,15-54H2,1-4H3. The summed E-state index contributed by atoms with van der Waals surface area (Å²) < 4.78 is 107. The Morgan fingerprint density at radius 1 is 0.315 bits per heavy atom. The van der Waals surface area contributed by atoms with Gasteiger partial charge < -0.3 is 115 Å². The molecule has 0 aromatic heterocycles. The molecule has 89 heavy (non-hydrogen) atoms. The van der Waals surface area contributed by atoms with E-state index >= 15 is 0 Å². The number of hydrogen-bond donors (Lipinski definition) is 2. The van der Waals surface area contributed by atoms with Gasteiger partial charge in [-0.3, -0.25) is 0 Å². The summed E-state index contributed by atoms with van der Waals surface area (Å²) in [5.74, 6) is -0.369. The molecule has 0 spiro atoms. The second kappa shape index (κ2) is 52.2. The number of anilines is 3. The fourth-order valence-corrected chi connectivity index (χ4v) is 8.60. The molecule has 0 radical (unpaired) electrons. The molecule has 1 atom stereocenters. The molecule has 0 fully saturated rings. The molecule has 1 unspecified atom stereocenters. The average Bonchev–Trinajstić information content (AvgIpc) is 1.65. The fraction of sp³-hybridized carbons (Fsp3) is 0.703. The Hall–Kier alpha value is -4.27. The van der Waals surface area contributed by atoms with Crippen LogP contribution in [0.5, 0.6) is 0 Å². The van der Waals surface area contributed by atoms with Crippen LogP contribution < -0.4 is 14.7 Å². The van der Waals surface area contributed by atoms with Gasteiger partial charge in [0.15, 0.2) is 5.60 Å². The summed E-state index contributed by atoms with van der Waals surface area (Å²) in [6.07, 6.45) is 0. The first-order chi connectivity index (χ1) is 43.8. The van der Waals surface area contributed by atoms with Gasteiger partial charge in [0, 0.05) is 75.0 Å². The molecule has 1 heterocycles. The lowest BCUT2D eigenvalue weighted by molar-refractivity contribution is -0.0255. The van der Waals surface area contributed by atoms with E-state index in [-0.39, 0.29) is 19.2 Å². The van der Waals surface area contributed by atoms with Gasteiger partial charge in [0.1, 0.15) is 0 Å². The third kappa shape index (κ3) is 34.3. The summed E-state index contributed by atoms with van der Waals surface area (Å²) in [7, 11) is 7.90. The molecule has 1 aliphatic heterocycles. The van der Waals surface area contributed by atoms with Gasteiger partial charge in [-0.2, -0.15) is 0 Å². The van der Waals surface area contributed by atoms with Crippen LogP contribution in [0.3, 0.4) is 0 Å². The normalized spacial score (nSPS) is 13.8. The van der Waals surface area contributed by atoms with Crippen molar-refractivity contribution in [3.8, 4) is 0 Å². The monoisotopic (exact) mass is 1270 g/mol. The minimum atomic E-state index is -1.16. The number of carbonyl (C=O) groups is 1. The maximum Gasteiger partial charge on any atom is 0.340 e. The number of rotatable bonds is 63. The molecule has 3 aromatic carbocycles. The molecule has 0 saturated carbocycles. The second-order valence-electron chi connectivity index (χ2n) is 20.1. The van der Waals surface area contributed by atoms with Crippen molar-refractivity contribution in [3.05, 3.63) is 89.0 Å². The highest BCUT2D eigenvalue weighted by Gasteiger charge is 2.48. The summed E-state index contributed by atoms with van der Waals surface area (Å²) in [6.45, 7) is 17.4. The second-order valence-corrected chi connectivity index (χ2v) is 20.1. The summed E-state index contributed by atoms with van der Waals surface area (Å²) in [6, 6.07) is 22.3. The zero-order valence-corrected chi connectivity index (χ0v) is 53.5. The molecule has 4 rings (SSSR count). The van der Waals surface area contributed by atoms with E-state index in [1.54, 1.807) is 0 Å². The minimum Gasteiger partial charge on any atom is -0.441 e. The first-order valence-corrected chi connectivity index (χ1v) is 31.1. The predicted molar refractivity (Wildman–Crippen MR) is 334 cm³/mol. The van der Waals surface area contributed by atoms with Crippen LogP contribution in [0.25, 0.3) is 0 Å². The number of benzene rings is 3. The molecular weight excluding hydrogens is 1160 g/mol. The van der Waals surface area contributed by atoms with Crippen molar-refractivity contribution in [2.75, 3.05) is 307 Å². The Morgan fingerprint density at radius 3 is 0.809 bits per heavy atom. The Balaban J connectivity index is 1.10. The maximum atomic E-state index is 13.8. The number of nitrogens with zero attached hydrogens (tertiary/aromatic N) is 3. The zero-order valence-electron chi connectivity index (χ0n) is 53.5. The molecule has 0 saturated heterocycles. The van der Waals surface area contributed by atoms with E-state index in [0.717, 1.165) is 33.8 Å². The van der Waals surface area contributed by atoms with Crippen LogP contribution in [0.2, 0.25) is 0 Å². The van der Waals surface area contributed by atoms with Crippen LogP contribution >= 0.6 is 0 Å². The van der Waals surface area contributed by atoms with Gasteiger partial charge in [0.05, 0.1) is 257 Å². The molecule has 1 aliphatic rings. The van der Waals surface area contributed by atoms with E-state index in [1.807, 2.05) is 92.6 Å². The Bertz CT molecular complexity index is 2080. The van der Waals surface area contributed by atoms with Gasteiger partial charge in [0.25, 0.3) is 0 Å². The van der Waals surface area contributed by atoms with Crippen LogP contribution in [0.15, 0.2) is 66.7 Å². The van der Waals surface area contributed by atoms with Gasteiger partial charge in [-0.25, -0.2) is 4.79 Å². The van der Waals surface area contributed by atoms with Crippen LogP contribution in [-0.2, 0) is 95.6 Å². The number of hydrogen-bond acceptors (Lipinski definition) is 25. The van der Waals surface area contributed by atoms with Crippen LogP contribution in [-0.4, -0.2) is 309 Å². The quantitative estimate of drug-likeness (QED) is 0.0608. The first-order valence-electron chi connectivity index (χ1n) is 31.1. The third-order valence-electron chi connectivity index (χ3n) is 13.2. The Labute approximate surface area is 528 Å². The van der Waals surface area contributed by atoms with Crippen molar-refractivity contribution < 1.29 is 105 Å². The lowest BCUT2D eigenvalue weighted by Crippen LogP contribution is -2.32. The summed E-state index contributed by atoms with van der Waals surface area (Å²) in [5, 5.41) is 17.3. The van der Waals surface area contributed by atoms with Crippen molar-refractivity contribution in [2.45, 2.75) is 5.60 Å². The molecule has 3 aromatic rings. The number of carbonyl (C=O) groups excluding carboxylic acids is 1. The molecule has 25 heteroatoms. The lowest BCUT2D eigenvalue weighted by Gasteiger charge is -2.32. The van der Waals surface area contributed by atoms with E-state index in [1.165, 1.54) is 0 Å². The molecule has 0 aliphatic carbocycles. The number of fused-ring (bicyclic) bond motifs is 1. The summed E-state index contributed by atoms with van der Waals surface area (Å²) in [5.41, 5.74) is 4.77. The highest BCUT2D eigenvalue weighted by atomic mass is 16.6. The lowest BCUT2D eigenvalue weighted by atomic mass is 9.79. The topological polar surface area (TPSA) is 243 Å². The van der Waals surface area contributed by atoms with Crippen molar-refractivity contribution in [1.82, 2.24) is 0 Å². The number of aliphatic hydroxyl groups excluding tert-OH is 2. The number of ether oxygens (including phenoxy) is 19. The molecule has 25 nitrogen and oxygen atoms in total. The van der Waals surface area contributed by atoms with Crippen molar-refractivity contribution in [2.24, 2.45) is 0 Å². The zero-order chi connectivity index (χ0) is 63.3. The maximum absolute atomic E-state index is 13.8. The molecule has 508 valence electrons. The van der Waals surface area contributed by atoms with E-state index in [4.69, 9.17) is 100 Å². The van der Waals surface area contributed by atoms with E-state index in [9.17, 15) is 4.79 Å². The summed E-state index contributed by atoms with van der Waals surface area (Å²) in [4.78, 5) is 20.0. The van der Waals surface area contributed by atoms with Gasteiger partial charge in [-0.05, 0) is 36.4 Å². The van der Waals surface area contributed by atoms with Gasteiger partial charge >= 0.3 is 5.97 Å². The van der Waals surface area contributed by atoms with Crippen LogP contribution in [0, 0.1) is 0 Å². The van der Waals surface area contributed by atoms with Crippen LogP contribution in [0.1, 0.15) is 27.0 Å². The van der Waals surface area contributed by atoms with E-state index in [2.05, 4.69) is 17.0 Å². The number of esters is 1.